The van der Waals surface area contributed by atoms with Crippen LogP contribution in [0.5, 0.6) is 0 Å². The van der Waals surface area contributed by atoms with Gasteiger partial charge in [0.1, 0.15) is 11.6 Å². The number of likely N-dealkylation sites (tertiary alicyclic amines) is 1. The summed E-state index contributed by atoms with van der Waals surface area (Å²) in [5.74, 6) is 1.16. The van der Waals surface area contributed by atoms with E-state index < -0.39 is 0 Å². The fourth-order valence-electron chi connectivity index (χ4n) is 1.69. The molecule has 0 unspecified atom stereocenters. The Morgan fingerprint density at radius 3 is 2.93 bits per heavy atom. The first kappa shape index (κ1) is 9.40. The second-order valence-electron chi connectivity index (χ2n) is 3.83. The van der Waals surface area contributed by atoms with Gasteiger partial charge in [0.25, 0.3) is 0 Å². The van der Waals surface area contributed by atoms with Crippen molar-refractivity contribution in [1.29, 1.82) is 0 Å². The lowest BCUT2D eigenvalue weighted by atomic mass is 10.0. The van der Waals surface area contributed by atoms with E-state index in [9.17, 15) is 4.39 Å². The van der Waals surface area contributed by atoms with Crippen molar-refractivity contribution in [2.24, 2.45) is 5.92 Å². The van der Waals surface area contributed by atoms with Crippen LogP contribution in [-0.4, -0.2) is 36.6 Å². The lowest BCUT2D eigenvalue weighted by Crippen LogP contribution is -2.46. The molecule has 0 atom stereocenters. The molecule has 1 aromatic rings. The summed E-state index contributed by atoms with van der Waals surface area (Å²) < 4.78 is 12.5. The molecule has 1 aliphatic rings. The van der Waals surface area contributed by atoms with E-state index in [1.807, 2.05) is 0 Å². The highest BCUT2D eigenvalue weighted by Crippen LogP contribution is 2.13. The van der Waals surface area contributed by atoms with Crippen LogP contribution < -0.4 is 5.32 Å². The molecular weight excluding hydrogens is 181 g/mol. The lowest BCUT2D eigenvalue weighted by Gasteiger charge is -2.36. The van der Waals surface area contributed by atoms with E-state index in [-0.39, 0.29) is 5.82 Å². The van der Waals surface area contributed by atoms with Crippen LogP contribution in [0.2, 0.25) is 0 Å². The Kier molecular flexibility index (Phi) is 2.63. The quantitative estimate of drug-likeness (QED) is 0.785. The molecule has 0 spiro atoms. The summed E-state index contributed by atoms with van der Waals surface area (Å²) in [7, 11) is 2.10. The van der Waals surface area contributed by atoms with Crippen molar-refractivity contribution >= 4 is 5.82 Å². The largest absolute Gasteiger partial charge is 0.370 e. The fraction of sp³-hybridized carbons (Fsp3) is 0.500. The van der Waals surface area contributed by atoms with Gasteiger partial charge in [0, 0.05) is 25.6 Å². The predicted molar refractivity (Wildman–Crippen MR) is 53.7 cm³/mol. The van der Waals surface area contributed by atoms with Crippen molar-refractivity contribution in [2.75, 3.05) is 32.0 Å². The molecule has 1 saturated heterocycles. The van der Waals surface area contributed by atoms with Crippen LogP contribution in [-0.2, 0) is 0 Å². The van der Waals surface area contributed by atoms with Crippen LogP contribution in [0.25, 0.3) is 0 Å². The molecule has 2 rings (SSSR count). The van der Waals surface area contributed by atoms with Crippen molar-refractivity contribution in [3.63, 3.8) is 0 Å². The molecule has 3 nitrogen and oxygen atoms in total. The van der Waals surface area contributed by atoms with Crippen LogP contribution in [0.3, 0.4) is 0 Å². The third-order valence-electron chi connectivity index (χ3n) is 2.44. The third-order valence-corrected chi connectivity index (χ3v) is 2.44. The molecular formula is C10H14FN3. The monoisotopic (exact) mass is 195 g/mol. The molecule has 1 fully saturated rings. The number of nitrogens with one attached hydrogen (secondary N) is 1. The number of hydrogen-bond donors (Lipinski definition) is 1. The second kappa shape index (κ2) is 3.92. The first-order valence-corrected chi connectivity index (χ1v) is 4.78. The Hall–Kier alpha value is -1.16. The number of pyridine rings is 1. The van der Waals surface area contributed by atoms with Gasteiger partial charge in [-0.3, -0.25) is 0 Å². The average Bonchev–Trinajstić information content (AvgIpc) is 2.13. The highest BCUT2D eigenvalue weighted by Gasteiger charge is 2.22. The topological polar surface area (TPSA) is 28.2 Å². The molecule has 2 heterocycles. The molecule has 0 amide bonds. The Morgan fingerprint density at radius 2 is 2.36 bits per heavy atom. The number of aromatic nitrogens is 1. The van der Waals surface area contributed by atoms with Gasteiger partial charge in [-0.15, -0.1) is 0 Å². The van der Waals surface area contributed by atoms with Gasteiger partial charge < -0.3 is 10.2 Å². The van der Waals surface area contributed by atoms with Gasteiger partial charge in [0.15, 0.2) is 0 Å². The second-order valence-corrected chi connectivity index (χ2v) is 3.83. The number of rotatable bonds is 3. The van der Waals surface area contributed by atoms with Gasteiger partial charge in [-0.05, 0) is 19.2 Å². The summed E-state index contributed by atoms with van der Waals surface area (Å²) in [5.41, 5.74) is 0. The molecule has 0 aliphatic carbocycles. The zero-order valence-electron chi connectivity index (χ0n) is 8.20. The van der Waals surface area contributed by atoms with E-state index in [2.05, 4.69) is 22.2 Å². The van der Waals surface area contributed by atoms with Crippen molar-refractivity contribution in [2.45, 2.75) is 0 Å². The smallest absolute Gasteiger partial charge is 0.141 e. The third kappa shape index (κ3) is 2.20. The van der Waals surface area contributed by atoms with Crippen LogP contribution in [0, 0.1) is 11.7 Å². The Labute approximate surface area is 82.9 Å². The number of hydrogen-bond acceptors (Lipinski definition) is 3. The van der Waals surface area contributed by atoms with Gasteiger partial charge in [-0.25, -0.2) is 9.37 Å². The van der Waals surface area contributed by atoms with E-state index in [4.69, 9.17) is 0 Å². The van der Waals surface area contributed by atoms with E-state index in [1.54, 1.807) is 6.07 Å². The fourth-order valence-corrected chi connectivity index (χ4v) is 1.69. The maximum absolute atomic E-state index is 12.5. The summed E-state index contributed by atoms with van der Waals surface area (Å²) in [5, 5.41) is 3.19. The Balaban J connectivity index is 1.78. The van der Waals surface area contributed by atoms with E-state index >= 15 is 0 Å². The Bertz CT molecular complexity index is 293. The zero-order chi connectivity index (χ0) is 9.97. The van der Waals surface area contributed by atoms with E-state index in [0.29, 0.717) is 5.92 Å². The molecule has 1 aromatic heterocycles. The van der Waals surface area contributed by atoms with Gasteiger partial charge in [0.05, 0.1) is 6.20 Å². The SMILES string of the molecule is CN1CC(CNc2ccc(F)cn2)C1. The molecule has 0 bridgehead atoms. The summed E-state index contributed by atoms with van der Waals surface area (Å²) in [6.07, 6.45) is 1.23. The first-order valence-electron chi connectivity index (χ1n) is 4.78. The standard InChI is InChI=1S/C10H14FN3/c1-14-6-8(7-14)4-12-10-3-2-9(11)5-13-10/h2-3,5,8H,4,6-7H2,1H3,(H,12,13). The highest BCUT2D eigenvalue weighted by molar-refractivity contribution is 5.33. The molecule has 0 radical (unpaired) electrons. The van der Waals surface area contributed by atoms with Crippen molar-refractivity contribution < 1.29 is 4.39 Å². The van der Waals surface area contributed by atoms with Crippen molar-refractivity contribution in [1.82, 2.24) is 9.88 Å². The summed E-state index contributed by atoms with van der Waals surface area (Å²) in [6, 6.07) is 3.08. The summed E-state index contributed by atoms with van der Waals surface area (Å²) >= 11 is 0. The molecule has 0 saturated carbocycles. The average molecular weight is 195 g/mol. The number of nitrogens with zero attached hydrogens (tertiary/aromatic N) is 2. The summed E-state index contributed by atoms with van der Waals surface area (Å²) in [6.45, 7) is 3.19. The van der Waals surface area contributed by atoms with Crippen LogP contribution in [0.1, 0.15) is 0 Å². The van der Waals surface area contributed by atoms with Crippen molar-refractivity contribution in [3.05, 3.63) is 24.1 Å². The van der Waals surface area contributed by atoms with Gasteiger partial charge in [0.2, 0.25) is 0 Å². The highest BCUT2D eigenvalue weighted by atomic mass is 19.1. The molecule has 14 heavy (non-hydrogen) atoms. The van der Waals surface area contributed by atoms with Crippen LogP contribution in [0.4, 0.5) is 10.2 Å². The van der Waals surface area contributed by atoms with Crippen LogP contribution in [0.15, 0.2) is 18.3 Å². The normalized spacial score (nSPS) is 17.9. The zero-order valence-corrected chi connectivity index (χ0v) is 8.20. The van der Waals surface area contributed by atoms with Gasteiger partial charge in [-0.2, -0.15) is 0 Å². The van der Waals surface area contributed by atoms with Crippen LogP contribution >= 0.6 is 0 Å². The molecule has 1 N–H and O–H groups in total. The predicted octanol–water partition coefficient (Wildman–Crippen LogP) is 1.19. The molecule has 1 aliphatic heterocycles. The first-order chi connectivity index (χ1) is 6.74. The maximum Gasteiger partial charge on any atom is 0.141 e. The van der Waals surface area contributed by atoms with Crippen molar-refractivity contribution in [3.8, 4) is 0 Å². The van der Waals surface area contributed by atoms with Gasteiger partial charge >= 0.3 is 0 Å². The minimum absolute atomic E-state index is 0.293. The molecule has 0 aromatic carbocycles. The minimum Gasteiger partial charge on any atom is -0.370 e. The minimum atomic E-state index is -0.293. The lowest BCUT2D eigenvalue weighted by molar-refractivity contribution is 0.144. The molecule has 76 valence electrons. The summed E-state index contributed by atoms with van der Waals surface area (Å²) in [4.78, 5) is 6.20. The number of anilines is 1. The molecule has 4 heteroatoms. The number of halogens is 1. The maximum atomic E-state index is 12.5. The Morgan fingerprint density at radius 1 is 1.57 bits per heavy atom. The van der Waals surface area contributed by atoms with Gasteiger partial charge in [-0.1, -0.05) is 0 Å². The van der Waals surface area contributed by atoms with E-state index in [0.717, 1.165) is 25.5 Å². The van der Waals surface area contributed by atoms with E-state index in [1.165, 1.54) is 12.3 Å².